The first-order valence-electron chi connectivity index (χ1n) is 11.7. The molecule has 6 nitrogen and oxygen atoms in total. The van der Waals surface area contributed by atoms with E-state index in [0.29, 0.717) is 42.1 Å². The quantitative estimate of drug-likeness (QED) is 0.369. The van der Waals surface area contributed by atoms with Gasteiger partial charge in [0.1, 0.15) is 0 Å². The van der Waals surface area contributed by atoms with Crippen molar-refractivity contribution in [3.63, 3.8) is 0 Å². The number of hydrogen-bond acceptors (Lipinski definition) is 5. The Hall–Kier alpha value is -3.48. The summed E-state index contributed by atoms with van der Waals surface area (Å²) in [6.45, 7) is 3.84. The highest BCUT2D eigenvalue weighted by Crippen LogP contribution is 2.35. The molecule has 1 aliphatic rings. The van der Waals surface area contributed by atoms with Crippen LogP contribution in [0, 0.1) is 6.92 Å². The molecule has 0 bridgehead atoms. The summed E-state index contributed by atoms with van der Waals surface area (Å²) < 4.78 is 11.5. The van der Waals surface area contributed by atoms with Crippen LogP contribution in [0.1, 0.15) is 34.3 Å². The molecule has 0 radical (unpaired) electrons. The van der Waals surface area contributed by atoms with Gasteiger partial charge in [0.2, 0.25) is 11.8 Å². The maximum atomic E-state index is 13.0. The van der Waals surface area contributed by atoms with Gasteiger partial charge in [-0.2, -0.15) is 0 Å². The second kappa shape index (κ2) is 10.0. The van der Waals surface area contributed by atoms with Crippen LogP contribution in [0.25, 0.3) is 22.9 Å². The van der Waals surface area contributed by atoms with E-state index in [1.807, 2.05) is 61.5 Å². The molecule has 7 heteroatoms. The first kappa shape index (κ1) is 23.3. The number of carbonyl (C=O) groups is 1. The zero-order valence-electron chi connectivity index (χ0n) is 19.5. The molecule has 5 rings (SSSR count). The lowest BCUT2D eigenvalue weighted by Crippen LogP contribution is -2.44. The summed E-state index contributed by atoms with van der Waals surface area (Å²) in [6.07, 6.45) is 1.65. The maximum Gasteiger partial charge on any atom is 0.251 e. The molecule has 1 fully saturated rings. The minimum Gasteiger partial charge on any atom is -0.416 e. The second-order valence-corrected chi connectivity index (χ2v) is 9.33. The summed E-state index contributed by atoms with van der Waals surface area (Å²) in [5, 5.41) is 12.2. The molecular formula is C28H26ClN3O3. The molecule has 0 saturated carbocycles. The van der Waals surface area contributed by atoms with E-state index in [0.717, 1.165) is 35.1 Å². The van der Waals surface area contributed by atoms with Crippen LogP contribution in [-0.2, 0) is 10.2 Å². The number of nitrogens with zero attached hydrogens (tertiary/aromatic N) is 2. The Labute approximate surface area is 209 Å². The lowest BCUT2D eigenvalue weighted by atomic mass is 9.74. The molecule has 1 aliphatic heterocycles. The van der Waals surface area contributed by atoms with Crippen LogP contribution in [0.4, 0.5) is 0 Å². The molecule has 0 unspecified atom stereocenters. The van der Waals surface area contributed by atoms with Gasteiger partial charge in [0.25, 0.3) is 5.91 Å². The summed E-state index contributed by atoms with van der Waals surface area (Å²) in [5.74, 6) is 0.760. The Morgan fingerprint density at radius 3 is 2.46 bits per heavy atom. The van der Waals surface area contributed by atoms with Crippen molar-refractivity contribution in [1.82, 2.24) is 15.5 Å². The molecule has 35 heavy (non-hydrogen) atoms. The Morgan fingerprint density at radius 1 is 0.971 bits per heavy atom. The van der Waals surface area contributed by atoms with Crippen molar-refractivity contribution in [2.45, 2.75) is 25.2 Å². The summed E-state index contributed by atoms with van der Waals surface area (Å²) in [5.41, 5.74) is 4.23. The van der Waals surface area contributed by atoms with E-state index in [9.17, 15) is 4.79 Å². The van der Waals surface area contributed by atoms with Gasteiger partial charge in [-0.1, -0.05) is 41.9 Å². The van der Waals surface area contributed by atoms with E-state index >= 15 is 0 Å². The number of ether oxygens (including phenoxy) is 1. The smallest absolute Gasteiger partial charge is 0.251 e. The van der Waals surface area contributed by atoms with Crippen LogP contribution in [0.2, 0.25) is 5.02 Å². The summed E-state index contributed by atoms with van der Waals surface area (Å²) in [6, 6.07) is 23.0. The molecule has 3 aromatic carbocycles. The minimum absolute atomic E-state index is 0.129. The van der Waals surface area contributed by atoms with Crippen molar-refractivity contribution in [1.29, 1.82) is 0 Å². The zero-order valence-corrected chi connectivity index (χ0v) is 20.2. The molecule has 0 atom stereocenters. The molecule has 1 amide bonds. The fourth-order valence-corrected chi connectivity index (χ4v) is 4.72. The lowest BCUT2D eigenvalue weighted by molar-refractivity contribution is 0.0487. The number of halogens is 1. The number of nitrogens with one attached hydrogen (secondary N) is 1. The first-order chi connectivity index (χ1) is 17.0. The average Bonchev–Trinajstić information content (AvgIpc) is 3.38. The minimum atomic E-state index is -0.200. The number of amides is 1. The van der Waals surface area contributed by atoms with Gasteiger partial charge in [-0.05, 0) is 73.4 Å². The molecule has 2 heterocycles. The van der Waals surface area contributed by atoms with E-state index in [1.54, 1.807) is 12.1 Å². The van der Waals surface area contributed by atoms with Crippen LogP contribution < -0.4 is 5.32 Å². The van der Waals surface area contributed by atoms with Crippen LogP contribution in [0.5, 0.6) is 0 Å². The molecule has 0 spiro atoms. The van der Waals surface area contributed by atoms with E-state index < -0.39 is 0 Å². The van der Waals surface area contributed by atoms with Gasteiger partial charge in [0, 0.05) is 46.9 Å². The molecule has 178 valence electrons. The van der Waals surface area contributed by atoms with Crippen molar-refractivity contribution in [3.05, 3.63) is 94.5 Å². The molecule has 1 aromatic heterocycles. The van der Waals surface area contributed by atoms with E-state index in [1.165, 1.54) is 0 Å². The van der Waals surface area contributed by atoms with E-state index in [4.69, 9.17) is 20.8 Å². The first-order valence-corrected chi connectivity index (χ1v) is 12.0. The monoisotopic (exact) mass is 487 g/mol. The zero-order chi connectivity index (χ0) is 24.3. The van der Waals surface area contributed by atoms with Gasteiger partial charge in [0.15, 0.2) is 0 Å². The van der Waals surface area contributed by atoms with Crippen LogP contribution in [0.15, 0.2) is 77.2 Å². The highest BCUT2D eigenvalue weighted by molar-refractivity contribution is 6.30. The third kappa shape index (κ3) is 4.99. The molecule has 1 saturated heterocycles. The van der Waals surface area contributed by atoms with Gasteiger partial charge in [-0.15, -0.1) is 10.2 Å². The fraction of sp³-hybridized carbons (Fsp3) is 0.250. The van der Waals surface area contributed by atoms with Crippen molar-refractivity contribution in [2.75, 3.05) is 19.8 Å². The molecule has 4 aromatic rings. The highest BCUT2D eigenvalue weighted by atomic mass is 35.5. The van der Waals surface area contributed by atoms with Crippen molar-refractivity contribution in [2.24, 2.45) is 0 Å². The normalized spacial score (nSPS) is 15.0. The largest absolute Gasteiger partial charge is 0.416 e. The Morgan fingerprint density at radius 2 is 1.71 bits per heavy atom. The Balaban J connectivity index is 1.29. The average molecular weight is 488 g/mol. The van der Waals surface area contributed by atoms with Gasteiger partial charge in [-0.3, -0.25) is 4.79 Å². The second-order valence-electron chi connectivity index (χ2n) is 8.89. The Kier molecular flexibility index (Phi) is 6.66. The summed E-state index contributed by atoms with van der Waals surface area (Å²) >= 11 is 6.26. The number of aromatic nitrogens is 2. The van der Waals surface area contributed by atoms with Crippen LogP contribution >= 0.6 is 11.6 Å². The number of rotatable bonds is 6. The SMILES string of the molecule is Cc1ccccc1-c1nnc(-c2ccc(C(=O)NCC3(c4cccc(Cl)c4)CCOCC3)cc2)o1. The van der Waals surface area contributed by atoms with Crippen LogP contribution in [0.3, 0.4) is 0 Å². The van der Waals surface area contributed by atoms with Gasteiger partial charge in [0.05, 0.1) is 0 Å². The molecule has 0 aliphatic carbocycles. The van der Waals surface area contributed by atoms with Crippen LogP contribution in [-0.4, -0.2) is 35.9 Å². The summed E-state index contributed by atoms with van der Waals surface area (Å²) in [4.78, 5) is 13.0. The van der Waals surface area contributed by atoms with Crippen molar-refractivity contribution in [3.8, 4) is 22.9 Å². The number of aryl methyl sites for hydroxylation is 1. The van der Waals surface area contributed by atoms with E-state index in [-0.39, 0.29) is 11.3 Å². The lowest BCUT2D eigenvalue weighted by Gasteiger charge is -2.38. The van der Waals surface area contributed by atoms with Gasteiger partial charge < -0.3 is 14.5 Å². The Bertz CT molecular complexity index is 1330. The standard InChI is InChI=1S/C28H26ClN3O3/c1-19-5-2-3-8-24(19)27-32-31-26(35-27)21-11-9-20(10-12-21)25(33)30-18-28(13-15-34-16-14-28)22-6-4-7-23(29)17-22/h2-12,17H,13-16,18H2,1H3,(H,30,33). The predicted molar refractivity (Wildman–Crippen MR) is 135 cm³/mol. The molecular weight excluding hydrogens is 462 g/mol. The predicted octanol–water partition coefficient (Wildman–Crippen LogP) is 5.84. The van der Waals surface area contributed by atoms with Crippen molar-refractivity contribution < 1.29 is 13.9 Å². The fourth-order valence-electron chi connectivity index (χ4n) is 4.53. The third-order valence-corrected chi connectivity index (χ3v) is 6.90. The topological polar surface area (TPSA) is 77.2 Å². The number of benzene rings is 3. The van der Waals surface area contributed by atoms with Gasteiger partial charge in [-0.25, -0.2) is 0 Å². The summed E-state index contributed by atoms with van der Waals surface area (Å²) in [7, 11) is 0. The van der Waals surface area contributed by atoms with E-state index in [2.05, 4.69) is 21.6 Å². The highest BCUT2D eigenvalue weighted by Gasteiger charge is 2.35. The third-order valence-electron chi connectivity index (χ3n) is 6.67. The number of hydrogen-bond donors (Lipinski definition) is 1. The van der Waals surface area contributed by atoms with Crippen molar-refractivity contribution >= 4 is 17.5 Å². The molecule has 1 N–H and O–H groups in total. The maximum absolute atomic E-state index is 13.0. The van der Waals surface area contributed by atoms with Gasteiger partial charge >= 0.3 is 0 Å². The number of carbonyl (C=O) groups excluding carboxylic acids is 1.